The second-order valence-electron chi connectivity index (χ2n) is 4.33. The van der Waals surface area contributed by atoms with E-state index >= 15 is 0 Å². The molecule has 0 aliphatic heterocycles. The van der Waals surface area contributed by atoms with Crippen LogP contribution in [0.2, 0.25) is 5.15 Å². The zero-order chi connectivity index (χ0) is 12.7. The van der Waals surface area contributed by atoms with Crippen LogP contribution in [0.5, 0.6) is 0 Å². The van der Waals surface area contributed by atoms with Crippen LogP contribution < -0.4 is 4.90 Å². The van der Waals surface area contributed by atoms with Gasteiger partial charge in [-0.2, -0.15) is 0 Å². The van der Waals surface area contributed by atoms with E-state index in [1.165, 1.54) is 25.7 Å². The number of unbranched alkanes of at least 4 members (excludes halogenated alkanes) is 2. The van der Waals surface area contributed by atoms with Gasteiger partial charge < -0.3 is 4.90 Å². The highest BCUT2D eigenvalue weighted by Crippen LogP contribution is 2.15. The summed E-state index contributed by atoms with van der Waals surface area (Å²) in [5.74, 6) is 0.775. The molecule has 4 heteroatoms. The highest BCUT2D eigenvalue weighted by molar-refractivity contribution is 6.29. The highest BCUT2D eigenvalue weighted by atomic mass is 35.5. The van der Waals surface area contributed by atoms with Gasteiger partial charge in [0.15, 0.2) is 0 Å². The lowest BCUT2D eigenvalue weighted by molar-refractivity contribution is 0.662. The molecule has 0 N–H and O–H groups in total. The monoisotopic (exact) mass is 255 g/mol. The first-order valence-corrected chi connectivity index (χ1v) is 6.81. The van der Waals surface area contributed by atoms with Gasteiger partial charge >= 0.3 is 0 Å². The Morgan fingerprint density at radius 1 is 1.12 bits per heavy atom. The lowest BCUT2D eigenvalue weighted by Gasteiger charge is -2.22. The number of aryl methyl sites for hydroxylation is 1. The van der Waals surface area contributed by atoms with Crippen LogP contribution in [-0.2, 0) is 0 Å². The quantitative estimate of drug-likeness (QED) is 0.693. The van der Waals surface area contributed by atoms with Gasteiger partial charge in [-0.15, -0.1) is 0 Å². The number of halogens is 1. The Labute approximate surface area is 109 Å². The normalized spacial score (nSPS) is 10.6. The molecule has 0 aliphatic rings. The maximum absolute atomic E-state index is 5.98. The minimum absolute atomic E-state index is 0.533. The van der Waals surface area contributed by atoms with E-state index in [0.29, 0.717) is 5.15 Å². The average Bonchev–Trinajstić information content (AvgIpc) is 2.28. The van der Waals surface area contributed by atoms with Gasteiger partial charge in [0.05, 0.1) is 0 Å². The molecule has 0 aliphatic carbocycles. The second kappa shape index (κ2) is 7.49. The Morgan fingerprint density at radius 2 is 1.71 bits per heavy atom. The molecule has 1 aromatic heterocycles. The summed E-state index contributed by atoms with van der Waals surface area (Å²) < 4.78 is 0. The number of rotatable bonds is 7. The Kier molecular flexibility index (Phi) is 6.27. The summed E-state index contributed by atoms with van der Waals surface area (Å²) in [6.07, 6.45) is 4.70. The Morgan fingerprint density at radius 3 is 2.18 bits per heavy atom. The first-order valence-electron chi connectivity index (χ1n) is 6.43. The van der Waals surface area contributed by atoms with Crippen molar-refractivity contribution in [2.75, 3.05) is 18.0 Å². The average molecular weight is 256 g/mol. The van der Waals surface area contributed by atoms with Crippen LogP contribution in [0, 0.1) is 6.92 Å². The van der Waals surface area contributed by atoms with Crippen molar-refractivity contribution < 1.29 is 0 Å². The molecule has 0 radical (unpaired) electrons. The van der Waals surface area contributed by atoms with Gasteiger partial charge in [0.1, 0.15) is 5.15 Å². The van der Waals surface area contributed by atoms with E-state index < -0.39 is 0 Å². The molecule has 0 spiro atoms. The summed E-state index contributed by atoms with van der Waals surface area (Å²) in [5, 5.41) is 0.533. The fourth-order valence-electron chi connectivity index (χ4n) is 1.67. The summed E-state index contributed by atoms with van der Waals surface area (Å²) in [6.45, 7) is 8.37. The molecular formula is C13H22ClN3. The summed E-state index contributed by atoms with van der Waals surface area (Å²) in [4.78, 5) is 11.0. The van der Waals surface area contributed by atoms with Gasteiger partial charge in [-0.05, 0) is 25.8 Å². The molecule has 17 heavy (non-hydrogen) atoms. The van der Waals surface area contributed by atoms with Crippen molar-refractivity contribution in [3.8, 4) is 0 Å². The van der Waals surface area contributed by atoms with Gasteiger partial charge in [-0.25, -0.2) is 9.97 Å². The first kappa shape index (κ1) is 14.2. The van der Waals surface area contributed by atoms with E-state index in [1.807, 2.05) is 6.92 Å². The molecule has 0 bridgehead atoms. The molecule has 0 aromatic carbocycles. The van der Waals surface area contributed by atoms with Crippen LogP contribution in [0.3, 0.4) is 0 Å². The van der Waals surface area contributed by atoms with Crippen LogP contribution in [-0.4, -0.2) is 23.1 Å². The molecule has 0 atom stereocenters. The summed E-state index contributed by atoms with van der Waals surface area (Å²) in [7, 11) is 0. The molecule has 96 valence electrons. The minimum Gasteiger partial charge on any atom is -0.341 e. The van der Waals surface area contributed by atoms with Gasteiger partial charge in [0.2, 0.25) is 5.95 Å². The lowest BCUT2D eigenvalue weighted by atomic mass is 10.3. The van der Waals surface area contributed by atoms with Crippen LogP contribution in [0.1, 0.15) is 45.2 Å². The van der Waals surface area contributed by atoms with Crippen molar-refractivity contribution in [3.05, 3.63) is 16.9 Å². The van der Waals surface area contributed by atoms with Crippen molar-refractivity contribution in [1.82, 2.24) is 9.97 Å². The largest absolute Gasteiger partial charge is 0.341 e. The molecule has 0 saturated carbocycles. The van der Waals surface area contributed by atoms with Crippen LogP contribution in [0.25, 0.3) is 0 Å². The lowest BCUT2D eigenvalue weighted by Crippen LogP contribution is -2.27. The summed E-state index contributed by atoms with van der Waals surface area (Å²) >= 11 is 5.98. The van der Waals surface area contributed by atoms with Gasteiger partial charge in [-0.3, -0.25) is 0 Å². The molecule has 0 unspecified atom stereocenters. The minimum atomic E-state index is 0.533. The van der Waals surface area contributed by atoms with Gasteiger partial charge in [0, 0.05) is 18.8 Å². The molecular weight excluding hydrogens is 234 g/mol. The Hall–Kier alpha value is -0.830. The van der Waals surface area contributed by atoms with Crippen molar-refractivity contribution in [1.29, 1.82) is 0 Å². The SMILES string of the molecule is CCCCN(CCCC)c1nc(C)cc(Cl)n1. The fraction of sp³-hybridized carbons (Fsp3) is 0.692. The van der Waals surface area contributed by atoms with Crippen molar-refractivity contribution in [2.45, 2.75) is 46.5 Å². The Bertz CT molecular complexity index is 313. The van der Waals surface area contributed by atoms with E-state index in [0.717, 1.165) is 24.7 Å². The van der Waals surface area contributed by atoms with Gasteiger partial charge in [-0.1, -0.05) is 38.3 Å². The number of hydrogen-bond donors (Lipinski definition) is 0. The third-order valence-corrected chi connectivity index (χ3v) is 2.85. The van der Waals surface area contributed by atoms with E-state index in [1.54, 1.807) is 6.07 Å². The third-order valence-electron chi connectivity index (χ3n) is 2.66. The van der Waals surface area contributed by atoms with E-state index in [-0.39, 0.29) is 0 Å². The van der Waals surface area contributed by atoms with Crippen LogP contribution >= 0.6 is 11.6 Å². The smallest absolute Gasteiger partial charge is 0.226 e. The van der Waals surface area contributed by atoms with Crippen molar-refractivity contribution in [2.24, 2.45) is 0 Å². The van der Waals surface area contributed by atoms with Gasteiger partial charge in [0.25, 0.3) is 0 Å². The van der Waals surface area contributed by atoms with Crippen LogP contribution in [0.15, 0.2) is 6.07 Å². The van der Waals surface area contributed by atoms with E-state index in [4.69, 9.17) is 11.6 Å². The van der Waals surface area contributed by atoms with Crippen molar-refractivity contribution in [3.63, 3.8) is 0 Å². The number of anilines is 1. The molecule has 1 heterocycles. The van der Waals surface area contributed by atoms with E-state index in [9.17, 15) is 0 Å². The summed E-state index contributed by atoms with van der Waals surface area (Å²) in [6, 6.07) is 1.79. The van der Waals surface area contributed by atoms with Crippen LogP contribution in [0.4, 0.5) is 5.95 Å². The molecule has 1 rings (SSSR count). The predicted molar refractivity (Wildman–Crippen MR) is 73.8 cm³/mol. The summed E-state index contributed by atoms with van der Waals surface area (Å²) in [5.41, 5.74) is 0.929. The standard InChI is InChI=1S/C13H22ClN3/c1-4-6-8-17(9-7-5-2)13-15-11(3)10-12(14)16-13/h10H,4-9H2,1-3H3. The number of hydrogen-bond acceptors (Lipinski definition) is 3. The zero-order valence-corrected chi connectivity index (χ0v) is 11.8. The number of aromatic nitrogens is 2. The third kappa shape index (κ3) is 4.90. The fourth-order valence-corrected chi connectivity index (χ4v) is 1.90. The first-order chi connectivity index (χ1) is 8.17. The maximum atomic E-state index is 5.98. The molecule has 3 nitrogen and oxygen atoms in total. The zero-order valence-electron chi connectivity index (χ0n) is 11.0. The van der Waals surface area contributed by atoms with E-state index in [2.05, 4.69) is 28.7 Å². The molecule has 1 aromatic rings. The van der Waals surface area contributed by atoms with Crippen molar-refractivity contribution >= 4 is 17.5 Å². The topological polar surface area (TPSA) is 29.0 Å². The Balaban J connectivity index is 2.78. The second-order valence-corrected chi connectivity index (χ2v) is 4.71. The molecule has 0 amide bonds. The predicted octanol–water partition coefficient (Wildman–Crippen LogP) is 3.85. The molecule has 0 fully saturated rings. The maximum Gasteiger partial charge on any atom is 0.226 e. The highest BCUT2D eigenvalue weighted by Gasteiger charge is 2.10. The molecule has 0 saturated heterocycles. The number of nitrogens with zero attached hydrogens (tertiary/aromatic N) is 3.